The lowest BCUT2D eigenvalue weighted by Crippen LogP contribution is -2.36. The molecule has 1 fully saturated rings. The summed E-state index contributed by atoms with van der Waals surface area (Å²) in [5.74, 6) is 0.459. The number of carbonyl (C=O) groups excluding carboxylic acids is 1. The Morgan fingerprint density at radius 3 is 2.77 bits per heavy atom. The predicted octanol–water partition coefficient (Wildman–Crippen LogP) is 3.13. The van der Waals surface area contributed by atoms with Crippen molar-refractivity contribution >= 4 is 22.8 Å². The summed E-state index contributed by atoms with van der Waals surface area (Å²) in [7, 11) is 0. The summed E-state index contributed by atoms with van der Waals surface area (Å²) in [6.07, 6.45) is 6.39. The summed E-state index contributed by atoms with van der Waals surface area (Å²) in [5.41, 5.74) is 1.04. The van der Waals surface area contributed by atoms with E-state index in [0.717, 1.165) is 23.8 Å². The van der Waals surface area contributed by atoms with E-state index in [1.165, 1.54) is 5.39 Å². The zero-order valence-corrected chi connectivity index (χ0v) is 12.5. The number of amides is 1. The van der Waals surface area contributed by atoms with Gasteiger partial charge in [0.25, 0.3) is 0 Å². The molecule has 0 saturated heterocycles. The highest BCUT2D eigenvalue weighted by atomic mass is 16.3. The molecule has 1 aliphatic carbocycles. The average Bonchev–Trinajstić information content (AvgIpc) is 3.37. The number of fused-ring (bicyclic) bond motifs is 1. The Hall–Kier alpha value is -2.13. The van der Waals surface area contributed by atoms with Gasteiger partial charge in [-0.1, -0.05) is 42.5 Å². The topological polar surface area (TPSA) is 49.3 Å². The fourth-order valence-electron chi connectivity index (χ4n) is 2.86. The van der Waals surface area contributed by atoms with Gasteiger partial charge in [-0.15, -0.1) is 0 Å². The summed E-state index contributed by atoms with van der Waals surface area (Å²) in [6.45, 7) is 0.120. The minimum absolute atomic E-state index is 0.0849. The molecular weight excluding hydrogens is 274 g/mol. The highest BCUT2D eigenvalue weighted by molar-refractivity contribution is 5.96. The van der Waals surface area contributed by atoms with Crippen LogP contribution in [-0.4, -0.2) is 23.7 Å². The molecule has 1 unspecified atom stereocenters. The number of hydrogen-bond donors (Lipinski definition) is 2. The van der Waals surface area contributed by atoms with E-state index in [9.17, 15) is 4.79 Å². The Kier molecular flexibility index (Phi) is 4.54. The van der Waals surface area contributed by atoms with Crippen LogP contribution in [0, 0.1) is 5.92 Å². The van der Waals surface area contributed by atoms with Crippen molar-refractivity contribution in [2.75, 3.05) is 6.61 Å². The van der Waals surface area contributed by atoms with E-state index in [2.05, 4.69) is 23.5 Å². The number of rotatable bonds is 6. The maximum atomic E-state index is 12.1. The van der Waals surface area contributed by atoms with Crippen LogP contribution in [0.2, 0.25) is 0 Å². The van der Waals surface area contributed by atoms with E-state index in [4.69, 9.17) is 5.11 Å². The first kappa shape index (κ1) is 14.8. The smallest absolute Gasteiger partial charge is 0.244 e. The van der Waals surface area contributed by atoms with Gasteiger partial charge in [-0.25, -0.2) is 0 Å². The molecule has 1 atom stereocenters. The molecule has 0 bridgehead atoms. The molecule has 0 aromatic heterocycles. The monoisotopic (exact) mass is 295 g/mol. The Bertz CT molecular complexity index is 683. The number of benzene rings is 2. The van der Waals surface area contributed by atoms with Gasteiger partial charge in [-0.3, -0.25) is 4.79 Å². The average molecular weight is 295 g/mol. The Labute approximate surface area is 130 Å². The second-order valence-electron chi connectivity index (χ2n) is 5.87. The zero-order chi connectivity index (χ0) is 15.4. The molecule has 2 aromatic carbocycles. The van der Waals surface area contributed by atoms with E-state index in [1.54, 1.807) is 6.08 Å². The summed E-state index contributed by atoms with van der Waals surface area (Å²) in [4.78, 5) is 12.1. The van der Waals surface area contributed by atoms with Crippen molar-refractivity contribution < 1.29 is 9.90 Å². The molecule has 0 radical (unpaired) electrons. The molecule has 2 aromatic rings. The van der Waals surface area contributed by atoms with Crippen LogP contribution in [0.15, 0.2) is 48.5 Å². The fourth-order valence-corrected chi connectivity index (χ4v) is 2.86. The van der Waals surface area contributed by atoms with E-state index in [0.29, 0.717) is 12.3 Å². The van der Waals surface area contributed by atoms with Gasteiger partial charge in [0, 0.05) is 18.7 Å². The van der Waals surface area contributed by atoms with E-state index >= 15 is 0 Å². The molecule has 1 aliphatic rings. The molecule has 0 heterocycles. The number of hydrogen-bond acceptors (Lipinski definition) is 2. The summed E-state index contributed by atoms with van der Waals surface area (Å²) >= 11 is 0. The lowest BCUT2D eigenvalue weighted by atomic mass is 10.0. The van der Waals surface area contributed by atoms with Gasteiger partial charge in [0.1, 0.15) is 0 Å². The third-order valence-electron chi connectivity index (χ3n) is 4.20. The Morgan fingerprint density at radius 1 is 1.23 bits per heavy atom. The van der Waals surface area contributed by atoms with Crippen molar-refractivity contribution in [1.82, 2.24) is 5.32 Å². The van der Waals surface area contributed by atoms with E-state index in [1.807, 2.05) is 30.3 Å². The molecule has 114 valence electrons. The fraction of sp³-hybridized carbons (Fsp3) is 0.316. The first-order valence-electron chi connectivity index (χ1n) is 7.85. The SMILES string of the molecule is O=C(/C=C/c1cccc2ccccc12)NC(CCO)C1CC1. The predicted molar refractivity (Wildman–Crippen MR) is 89.3 cm³/mol. The maximum absolute atomic E-state index is 12.1. The van der Waals surface area contributed by atoms with Crippen LogP contribution >= 0.6 is 0 Å². The van der Waals surface area contributed by atoms with Crippen molar-refractivity contribution in [1.29, 1.82) is 0 Å². The summed E-state index contributed by atoms with van der Waals surface area (Å²) in [5, 5.41) is 14.4. The highest BCUT2D eigenvalue weighted by Crippen LogP contribution is 2.33. The van der Waals surface area contributed by atoms with Crippen molar-refractivity contribution in [3.63, 3.8) is 0 Å². The minimum Gasteiger partial charge on any atom is -0.396 e. The van der Waals surface area contributed by atoms with Gasteiger partial charge >= 0.3 is 0 Å². The lowest BCUT2D eigenvalue weighted by molar-refractivity contribution is -0.117. The second-order valence-corrected chi connectivity index (χ2v) is 5.87. The third kappa shape index (κ3) is 3.55. The van der Waals surface area contributed by atoms with Crippen LogP contribution in [0.4, 0.5) is 0 Å². The molecule has 1 saturated carbocycles. The largest absolute Gasteiger partial charge is 0.396 e. The third-order valence-corrected chi connectivity index (χ3v) is 4.20. The van der Waals surface area contributed by atoms with E-state index in [-0.39, 0.29) is 18.6 Å². The molecule has 2 N–H and O–H groups in total. The van der Waals surface area contributed by atoms with Crippen molar-refractivity contribution in [2.24, 2.45) is 5.92 Å². The molecular formula is C19H21NO2. The zero-order valence-electron chi connectivity index (χ0n) is 12.5. The molecule has 22 heavy (non-hydrogen) atoms. The standard InChI is InChI=1S/C19H21NO2/c21-13-12-18(16-8-9-16)20-19(22)11-10-15-6-3-5-14-4-1-2-7-17(14)15/h1-7,10-11,16,18,21H,8-9,12-13H2,(H,20,22)/b11-10+. The normalized spacial score (nSPS) is 16.0. The van der Waals surface area contributed by atoms with Gasteiger partial charge in [-0.2, -0.15) is 0 Å². The number of carbonyl (C=O) groups is 1. The first-order valence-corrected chi connectivity index (χ1v) is 7.85. The van der Waals surface area contributed by atoms with Crippen LogP contribution in [0.1, 0.15) is 24.8 Å². The molecule has 3 nitrogen and oxygen atoms in total. The molecule has 0 aliphatic heterocycles. The van der Waals surface area contributed by atoms with Gasteiger partial charge in [0.2, 0.25) is 5.91 Å². The number of aliphatic hydroxyl groups is 1. The second kappa shape index (κ2) is 6.75. The van der Waals surface area contributed by atoms with Crippen molar-refractivity contribution in [2.45, 2.75) is 25.3 Å². The van der Waals surface area contributed by atoms with Crippen LogP contribution in [0.3, 0.4) is 0 Å². The van der Waals surface area contributed by atoms with Crippen LogP contribution in [-0.2, 0) is 4.79 Å². The number of nitrogens with one attached hydrogen (secondary N) is 1. The Morgan fingerprint density at radius 2 is 2.00 bits per heavy atom. The van der Waals surface area contributed by atoms with Crippen LogP contribution in [0.5, 0.6) is 0 Å². The molecule has 3 rings (SSSR count). The molecule has 1 amide bonds. The van der Waals surface area contributed by atoms with Crippen molar-refractivity contribution in [3.8, 4) is 0 Å². The summed E-state index contributed by atoms with van der Waals surface area (Å²) in [6, 6.07) is 14.3. The highest BCUT2D eigenvalue weighted by Gasteiger charge is 2.31. The van der Waals surface area contributed by atoms with Gasteiger partial charge < -0.3 is 10.4 Å². The minimum atomic E-state index is -0.0849. The number of aliphatic hydroxyl groups excluding tert-OH is 1. The van der Waals surface area contributed by atoms with Gasteiger partial charge in [-0.05, 0) is 47.6 Å². The molecule has 0 spiro atoms. The van der Waals surface area contributed by atoms with Crippen LogP contribution in [0.25, 0.3) is 16.8 Å². The Balaban J connectivity index is 1.70. The van der Waals surface area contributed by atoms with E-state index < -0.39 is 0 Å². The van der Waals surface area contributed by atoms with Gasteiger partial charge in [0.05, 0.1) is 0 Å². The quantitative estimate of drug-likeness (QED) is 0.804. The summed E-state index contributed by atoms with van der Waals surface area (Å²) < 4.78 is 0. The van der Waals surface area contributed by atoms with Crippen molar-refractivity contribution in [3.05, 3.63) is 54.1 Å². The first-order chi connectivity index (χ1) is 10.8. The lowest BCUT2D eigenvalue weighted by Gasteiger charge is -2.15. The van der Waals surface area contributed by atoms with Crippen LogP contribution < -0.4 is 5.32 Å². The van der Waals surface area contributed by atoms with Gasteiger partial charge in [0.15, 0.2) is 0 Å². The maximum Gasteiger partial charge on any atom is 0.244 e. The molecule has 3 heteroatoms.